The van der Waals surface area contributed by atoms with E-state index >= 15 is 0 Å². The maximum Gasteiger partial charge on any atom is 0.335 e. The first-order valence-electron chi connectivity index (χ1n) is 5.16. The van der Waals surface area contributed by atoms with Crippen molar-refractivity contribution >= 4 is 21.9 Å². The standard InChI is InChI=1S/C12H13BrO3/c1-12(10(16-12)11(14)15)7-6-8-2-4-9(13)5-3-8/h2-5,10H,6-7H2,1H3,(H,14,15). The highest BCUT2D eigenvalue weighted by Gasteiger charge is 2.56. The lowest BCUT2D eigenvalue weighted by molar-refractivity contribution is -0.138. The second-order valence-electron chi connectivity index (χ2n) is 4.28. The highest BCUT2D eigenvalue weighted by Crippen LogP contribution is 2.40. The largest absolute Gasteiger partial charge is 0.479 e. The summed E-state index contributed by atoms with van der Waals surface area (Å²) in [5, 5.41) is 8.79. The Morgan fingerprint density at radius 2 is 2.12 bits per heavy atom. The van der Waals surface area contributed by atoms with E-state index in [1.165, 1.54) is 5.56 Å². The third kappa shape index (κ3) is 2.44. The zero-order chi connectivity index (χ0) is 11.8. The molecular formula is C12H13BrO3. The highest BCUT2D eigenvalue weighted by atomic mass is 79.9. The fraction of sp³-hybridized carbons (Fsp3) is 0.417. The fourth-order valence-electron chi connectivity index (χ4n) is 1.78. The molecule has 2 rings (SSSR count). The number of ether oxygens (including phenoxy) is 1. The zero-order valence-corrected chi connectivity index (χ0v) is 10.5. The molecule has 2 unspecified atom stereocenters. The van der Waals surface area contributed by atoms with Crippen LogP contribution in [0.2, 0.25) is 0 Å². The lowest BCUT2D eigenvalue weighted by Gasteiger charge is -2.05. The van der Waals surface area contributed by atoms with Gasteiger partial charge >= 0.3 is 5.97 Å². The number of rotatable bonds is 4. The minimum atomic E-state index is -0.863. The van der Waals surface area contributed by atoms with Crippen molar-refractivity contribution in [3.8, 4) is 0 Å². The summed E-state index contributed by atoms with van der Waals surface area (Å²) >= 11 is 3.37. The molecule has 1 heterocycles. The number of aliphatic carboxylic acids is 1. The number of hydrogen-bond acceptors (Lipinski definition) is 2. The Balaban J connectivity index is 1.89. The second-order valence-corrected chi connectivity index (χ2v) is 5.19. The van der Waals surface area contributed by atoms with E-state index in [-0.39, 0.29) is 0 Å². The molecule has 1 aromatic rings. The van der Waals surface area contributed by atoms with Crippen molar-refractivity contribution in [3.05, 3.63) is 34.3 Å². The van der Waals surface area contributed by atoms with E-state index in [0.717, 1.165) is 17.3 Å². The molecule has 1 aliphatic heterocycles. The van der Waals surface area contributed by atoms with Gasteiger partial charge in [0.1, 0.15) is 5.60 Å². The van der Waals surface area contributed by atoms with Crippen molar-refractivity contribution in [3.63, 3.8) is 0 Å². The number of carboxylic acid groups (broad SMARTS) is 1. The fourth-order valence-corrected chi connectivity index (χ4v) is 2.04. The molecule has 0 radical (unpaired) electrons. The van der Waals surface area contributed by atoms with Gasteiger partial charge in [-0.15, -0.1) is 0 Å². The van der Waals surface area contributed by atoms with E-state index in [1.54, 1.807) is 0 Å². The quantitative estimate of drug-likeness (QED) is 0.865. The topological polar surface area (TPSA) is 49.8 Å². The first-order chi connectivity index (χ1) is 7.51. The molecule has 16 heavy (non-hydrogen) atoms. The monoisotopic (exact) mass is 284 g/mol. The number of carboxylic acids is 1. The van der Waals surface area contributed by atoms with Crippen molar-refractivity contribution in [2.75, 3.05) is 0 Å². The lowest BCUT2D eigenvalue weighted by Crippen LogP contribution is -2.17. The van der Waals surface area contributed by atoms with Crippen LogP contribution in [0, 0.1) is 0 Å². The van der Waals surface area contributed by atoms with Crippen molar-refractivity contribution < 1.29 is 14.6 Å². The molecule has 2 atom stereocenters. The van der Waals surface area contributed by atoms with Gasteiger partial charge in [-0.2, -0.15) is 0 Å². The molecule has 1 saturated heterocycles. The molecule has 1 aliphatic rings. The van der Waals surface area contributed by atoms with E-state index in [2.05, 4.69) is 15.9 Å². The van der Waals surface area contributed by atoms with Crippen LogP contribution in [-0.2, 0) is 16.0 Å². The van der Waals surface area contributed by atoms with Gasteiger partial charge in [0.25, 0.3) is 0 Å². The molecule has 0 aromatic heterocycles. The summed E-state index contributed by atoms with van der Waals surface area (Å²) in [6.07, 6.45) is 0.960. The van der Waals surface area contributed by atoms with Gasteiger partial charge in [0.05, 0.1) is 0 Å². The Kier molecular flexibility index (Phi) is 3.04. The average molecular weight is 285 g/mol. The Morgan fingerprint density at radius 3 is 2.62 bits per heavy atom. The SMILES string of the molecule is CC1(CCc2ccc(Br)cc2)OC1C(=O)O. The molecule has 1 N–H and O–H groups in total. The third-order valence-corrected chi connectivity index (χ3v) is 3.46. The van der Waals surface area contributed by atoms with E-state index in [4.69, 9.17) is 9.84 Å². The molecule has 3 nitrogen and oxygen atoms in total. The summed E-state index contributed by atoms with van der Waals surface area (Å²) in [6.45, 7) is 1.85. The summed E-state index contributed by atoms with van der Waals surface area (Å²) in [6, 6.07) is 8.04. The van der Waals surface area contributed by atoms with Gasteiger partial charge in [-0.3, -0.25) is 0 Å². The van der Waals surface area contributed by atoms with Crippen LogP contribution in [0.15, 0.2) is 28.7 Å². The van der Waals surface area contributed by atoms with E-state index in [1.807, 2.05) is 31.2 Å². The summed E-state index contributed by atoms with van der Waals surface area (Å²) in [7, 11) is 0. The van der Waals surface area contributed by atoms with Gasteiger partial charge < -0.3 is 9.84 Å². The smallest absolute Gasteiger partial charge is 0.335 e. The van der Waals surface area contributed by atoms with Crippen LogP contribution in [0.3, 0.4) is 0 Å². The summed E-state index contributed by atoms with van der Waals surface area (Å²) in [5.74, 6) is -0.863. The first kappa shape index (κ1) is 11.6. The number of epoxide rings is 1. The molecule has 0 aliphatic carbocycles. The Bertz CT molecular complexity index is 401. The first-order valence-corrected chi connectivity index (χ1v) is 5.96. The Hall–Kier alpha value is -0.870. The maximum absolute atomic E-state index is 10.7. The summed E-state index contributed by atoms with van der Waals surface area (Å²) in [4.78, 5) is 10.7. The Labute approximate surface area is 103 Å². The van der Waals surface area contributed by atoms with Crippen LogP contribution in [0.4, 0.5) is 0 Å². The van der Waals surface area contributed by atoms with Gasteiger partial charge in [-0.05, 0) is 37.5 Å². The second kappa shape index (κ2) is 4.18. The minimum Gasteiger partial charge on any atom is -0.479 e. The van der Waals surface area contributed by atoms with Crippen LogP contribution < -0.4 is 0 Å². The molecule has 0 amide bonds. The van der Waals surface area contributed by atoms with Gasteiger partial charge in [0.2, 0.25) is 0 Å². The normalized spacial score (nSPS) is 27.8. The molecule has 1 aromatic carbocycles. The molecule has 0 spiro atoms. The van der Waals surface area contributed by atoms with E-state index in [0.29, 0.717) is 0 Å². The van der Waals surface area contributed by atoms with Crippen molar-refractivity contribution in [1.82, 2.24) is 0 Å². The van der Waals surface area contributed by atoms with E-state index in [9.17, 15) is 4.79 Å². The molecule has 4 heteroatoms. The summed E-state index contributed by atoms with van der Waals surface area (Å²) in [5.41, 5.74) is 0.725. The van der Waals surface area contributed by atoms with Crippen molar-refractivity contribution in [2.45, 2.75) is 31.5 Å². The number of halogens is 1. The number of hydrogen-bond donors (Lipinski definition) is 1. The van der Waals surface area contributed by atoms with Crippen molar-refractivity contribution in [2.24, 2.45) is 0 Å². The zero-order valence-electron chi connectivity index (χ0n) is 8.94. The minimum absolute atomic E-state index is 0.473. The number of aryl methyl sites for hydroxylation is 1. The molecule has 86 valence electrons. The number of benzene rings is 1. The maximum atomic E-state index is 10.7. The van der Waals surface area contributed by atoms with E-state index < -0.39 is 17.7 Å². The molecular weight excluding hydrogens is 272 g/mol. The van der Waals surface area contributed by atoms with Crippen LogP contribution in [0.1, 0.15) is 18.9 Å². The van der Waals surface area contributed by atoms with Crippen LogP contribution in [-0.4, -0.2) is 22.8 Å². The van der Waals surface area contributed by atoms with Gasteiger partial charge in [0.15, 0.2) is 6.10 Å². The molecule has 0 bridgehead atoms. The molecule has 1 fully saturated rings. The van der Waals surface area contributed by atoms with Gasteiger partial charge in [-0.1, -0.05) is 28.1 Å². The van der Waals surface area contributed by atoms with Crippen LogP contribution in [0.5, 0.6) is 0 Å². The Morgan fingerprint density at radius 1 is 1.50 bits per heavy atom. The third-order valence-electron chi connectivity index (χ3n) is 2.93. The van der Waals surface area contributed by atoms with Crippen LogP contribution in [0.25, 0.3) is 0 Å². The summed E-state index contributed by atoms with van der Waals surface area (Å²) < 4.78 is 6.25. The predicted octanol–water partition coefficient (Wildman–Crippen LogP) is 2.62. The van der Waals surface area contributed by atoms with Crippen molar-refractivity contribution in [1.29, 1.82) is 0 Å². The number of carbonyl (C=O) groups is 1. The lowest BCUT2D eigenvalue weighted by atomic mass is 9.98. The van der Waals surface area contributed by atoms with Gasteiger partial charge in [-0.25, -0.2) is 4.79 Å². The van der Waals surface area contributed by atoms with Gasteiger partial charge in [0, 0.05) is 4.47 Å². The predicted molar refractivity (Wildman–Crippen MR) is 63.4 cm³/mol. The average Bonchev–Trinajstić information content (AvgIpc) is 2.91. The highest BCUT2D eigenvalue weighted by molar-refractivity contribution is 9.10. The van der Waals surface area contributed by atoms with Crippen LogP contribution >= 0.6 is 15.9 Å². The molecule has 0 saturated carbocycles.